The van der Waals surface area contributed by atoms with Gasteiger partial charge in [-0.25, -0.2) is 8.42 Å². The molecule has 0 aromatic heterocycles. The fraction of sp³-hybridized carbons (Fsp3) is 0.579. The molecular weight excluding hydrogens is 414 g/mol. The molecule has 160 valence electrons. The average molecular weight is 442 g/mol. The van der Waals surface area contributed by atoms with E-state index >= 15 is 0 Å². The quantitative estimate of drug-likeness (QED) is 0.564. The van der Waals surface area contributed by atoms with Gasteiger partial charge in [0.2, 0.25) is 0 Å². The summed E-state index contributed by atoms with van der Waals surface area (Å²) in [6, 6.07) is 6.97. The fourth-order valence-corrected chi connectivity index (χ4v) is 6.95. The highest BCUT2D eigenvalue weighted by molar-refractivity contribution is 8.15. The zero-order valence-electron chi connectivity index (χ0n) is 16.6. The van der Waals surface area contributed by atoms with Gasteiger partial charge in [0.15, 0.2) is 21.3 Å². The molecule has 0 saturated carbocycles. The fourth-order valence-electron chi connectivity index (χ4n) is 3.27. The molecule has 1 amide bonds. The Balaban J connectivity index is 1.52. The summed E-state index contributed by atoms with van der Waals surface area (Å²) < 4.78 is 34.3. The summed E-state index contributed by atoms with van der Waals surface area (Å²) in [6.07, 6.45) is 0.254. The van der Waals surface area contributed by atoms with E-state index in [9.17, 15) is 13.2 Å². The van der Waals surface area contributed by atoms with Gasteiger partial charge in [-0.15, -0.1) is 0 Å². The van der Waals surface area contributed by atoms with Gasteiger partial charge in [0.1, 0.15) is 0 Å². The molecule has 1 saturated heterocycles. The van der Waals surface area contributed by atoms with Crippen molar-refractivity contribution in [3.8, 4) is 0 Å². The smallest absolute Gasteiger partial charge is 0.251 e. The first-order chi connectivity index (χ1) is 13.9. The second-order valence-electron chi connectivity index (χ2n) is 6.83. The number of thioether (sulfide) groups is 1. The number of rotatable bonds is 9. The molecule has 0 radical (unpaired) electrons. The lowest BCUT2D eigenvalue weighted by Gasteiger charge is -2.17. The van der Waals surface area contributed by atoms with Crippen molar-refractivity contribution < 1.29 is 22.7 Å². The summed E-state index contributed by atoms with van der Waals surface area (Å²) in [7, 11) is -2.97. The normalized spacial score (nSPS) is 22.4. The van der Waals surface area contributed by atoms with Crippen molar-refractivity contribution >= 4 is 38.4 Å². The van der Waals surface area contributed by atoms with Crippen LogP contribution in [0.15, 0.2) is 29.3 Å². The highest BCUT2D eigenvalue weighted by atomic mass is 32.2. The number of anilines is 1. The van der Waals surface area contributed by atoms with Gasteiger partial charge in [0, 0.05) is 42.7 Å². The van der Waals surface area contributed by atoms with Crippen molar-refractivity contribution in [2.24, 2.45) is 4.99 Å². The Morgan fingerprint density at radius 2 is 2.03 bits per heavy atom. The third kappa shape index (κ3) is 6.18. The standard InChI is InChI=1S/C19H27N3O5S2/c1-3-26-17(27-4-2)8-9-20-18(23)13-6-5-7-14(10-13)21-19-22-15-11-29(24,25)12-16(15)28-19/h5-7,10,15-17H,3-4,8-9,11-12H2,1-2H3,(H,20,23)(H,21,22)/t15-,16+/m1/s1. The first-order valence-corrected chi connectivity index (χ1v) is 12.4. The van der Waals surface area contributed by atoms with E-state index in [-0.39, 0.29) is 35.0 Å². The number of hydrogen-bond acceptors (Lipinski definition) is 8. The minimum atomic E-state index is -2.97. The van der Waals surface area contributed by atoms with Gasteiger partial charge in [0.25, 0.3) is 5.91 Å². The van der Waals surface area contributed by atoms with Crippen LogP contribution in [-0.4, -0.2) is 68.3 Å². The summed E-state index contributed by atoms with van der Waals surface area (Å²) in [4.78, 5) is 16.9. The molecular formula is C19H27N3O5S2. The predicted molar refractivity (Wildman–Crippen MR) is 115 cm³/mol. The third-order valence-electron chi connectivity index (χ3n) is 4.56. The Labute approximate surface area is 175 Å². The van der Waals surface area contributed by atoms with Crippen LogP contribution in [0.2, 0.25) is 0 Å². The van der Waals surface area contributed by atoms with Crippen molar-refractivity contribution in [1.29, 1.82) is 0 Å². The molecule has 1 fully saturated rings. The maximum Gasteiger partial charge on any atom is 0.251 e. The van der Waals surface area contributed by atoms with Crippen LogP contribution in [0, 0.1) is 0 Å². The lowest BCUT2D eigenvalue weighted by atomic mass is 10.2. The Hall–Kier alpha value is -1.62. The highest BCUT2D eigenvalue weighted by Crippen LogP contribution is 2.34. The van der Waals surface area contributed by atoms with E-state index in [1.165, 1.54) is 11.8 Å². The number of nitrogens with one attached hydrogen (secondary N) is 2. The van der Waals surface area contributed by atoms with Crippen molar-refractivity contribution in [3.63, 3.8) is 0 Å². The minimum Gasteiger partial charge on any atom is -0.353 e. The van der Waals surface area contributed by atoms with Crippen LogP contribution in [0.5, 0.6) is 0 Å². The maximum atomic E-state index is 12.4. The number of carbonyl (C=O) groups is 1. The van der Waals surface area contributed by atoms with Crippen molar-refractivity contribution in [2.45, 2.75) is 37.9 Å². The summed E-state index contributed by atoms with van der Waals surface area (Å²) in [5.74, 6) is 0.108. The van der Waals surface area contributed by atoms with Gasteiger partial charge >= 0.3 is 0 Å². The Morgan fingerprint density at radius 3 is 2.72 bits per heavy atom. The molecule has 0 bridgehead atoms. The average Bonchev–Trinajstić information content (AvgIpc) is 3.14. The molecule has 1 aromatic carbocycles. The van der Waals surface area contributed by atoms with Crippen molar-refractivity contribution in [1.82, 2.24) is 5.32 Å². The third-order valence-corrected chi connectivity index (χ3v) is 7.71. The Morgan fingerprint density at radius 1 is 1.28 bits per heavy atom. The monoisotopic (exact) mass is 441 g/mol. The maximum absolute atomic E-state index is 12.4. The molecule has 2 aliphatic heterocycles. The second kappa shape index (κ2) is 9.92. The van der Waals surface area contributed by atoms with E-state index in [1.807, 2.05) is 19.9 Å². The van der Waals surface area contributed by atoms with Crippen LogP contribution in [0.3, 0.4) is 0 Å². The zero-order valence-corrected chi connectivity index (χ0v) is 18.2. The molecule has 10 heteroatoms. The number of aliphatic imine (C=N–C) groups is 1. The topological polar surface area (TPSA) is 106 Å². The van der Waals surface area contributed by atoms with Gasteiger partial charge in [-0.2, -0.15) is 0 Å². The Bertz CT molecular complexity index is 853. The molecule has 2 atom stereocenters. The van der Waals surface area contributed by atoms with E-state index in [4.69, 9.17) is 9.47 Å². The number of amidine groups is 1. The van der Waals surface area contributed by atoms with Gasteiger partial charge in [-0.1, -0.05) is 17.8 Å². The molecule has 0 aliphatic carbocycles. The highest BCUT2D eigenvalue weighted by Gasteiger charge is 2.42. The molecule has 2 aliphatic rings. The van der Waals surface area contributed by atoms with Crippen molar-refractivity contribution in [2.75, 3.05) is 36.6 Å². The lowest BCUT2D eigenvalue weighted by molar-refractivity contribution is -0.138. The number of hydrogen-bond donors (Lipinski definition) is 2. The van der Waals surface area contributed by atoms with Gasteiger partial charge in [0.05, 0.1) is 17.5 Å². The number of amides is 1. The number of nitrogens with zero attached hydrogens (tertiary/aromatic N) is 1. The first kappa shape index (κ1) is 22.1. The zero-order chi connectivity index (χ0) is 20.9. The first-order valence-electron chi connectivity index (χ1n) is 9.73. The van der Waals surface area contributed by atoms with E-state index in [1.54, 1.807) is 18.2 Å². The summed E-state index contributed by atoms with van der Waals surface area (Å²) >= 11 is 1.45. The van der Waals surface area contributed by atoms with E-state index in [0.717, 1.165) is 5.69 Å². The van der Waals surface area contributed by atoms with E-state index in [0.29, 0.717) is 36.9 Å². The summed E-state index contributed by atoms with van der Waals surface area (Å²) in [5, 5.41) is 6.76. The molecule has 3 rings (SSSR count). The van der Waals surface area contributed by atoms with Crippen LogP contribution < -0.4 is 10.6 Å². The lowest BCUT2D eigenvalue weighted by Crippen LogP contribution is -2.29. The molecule has 2 heterocycles. The second-order valence-corrected chi connectivity index (χ2v) is 10.2. The van der Waals surface area contributed by atoms with Gasteiger partial charge in [-0.05, 0) is 32.0 Å². The van der Waals surface area contributed by atoms with Crippen molar-refractivity contribution in [3.05, 3.63) is 29.8 Å². The molecule has 0 unspecified atom stereocenters. The SMILES string of the molecule is CCOC(CCNC(=O)c1cccc(NC2=N[C@@H]3CS(=O)(=O)C[C@@H]3S2)c1)OCC. The van der Waals surface area contributed by atoms with Crippen LogP contribution in [0.25, 0.3) is 0 Å². The largest absolute Gasteiger partial charge is 0.353 e. The number of sulfone groups is 1. The molecule has 29 heavy (non-hydrogen) atoms. The summed E-state index contributed by atoms with van der Waals surface area (Å²) in [6.45, 7) is 5.37. The molecule has 0 spiro atoms. The number of carbonyl (C=O) groups excluding carboxylic acids is 1. The molecule has 2 N–H and O–H groups in total. The van der Waals surface area contributed by atoms with Crippen LogP contribution in [0.4, 0.5) is 5.69 Å². The van der Waals surface area contributed by atoms with E-state index in [2.05, 4.69) is 15.6 Å². The minimum absolute atomic E-state index is 0.0161. The van der Waals surface area contributed by atoms with Crippen LogP contribution in [0.1, 0.15) is 30.6 Å². The van der Waals surface area contributed by atoms with Gasteiger partial charge in [-0.3, -0.25) is 9.79 Å². The van der Waals surface area contributed by atoms with Gasteiger partial charge < -0.3 is 20.1 Å². The molecule has 8 nitrogen and oxygen atoms in total. The predicted octanol–water partition coefficient (Wildman–Crippen LogP) is 1.89. The molecule has 1 aromatic rings. The number of ether oxygens (including phenoxy) is 2. The van der Waals surface area contributed by atoms with E-state index < -0.39 is 9.84 Å². The van der Waals surface area contributed by atoms with Crippen LogP contribution >= 0.6 is 11.8 Å². The van der Waals surface area contributed by atoms with Crippen LogP contribution in [-0.2, 0) is 19.3 Å². The Kier molecular flexibility index (Phi) is 7.55. The number of fused-ring (bicyclic) bond motifs is 1. The number of benzene rings is 1. The summed E-state index contributed by atoms with van der Waals surface area (Å²) in [5.41, 5.74) is 1.28.